The number of piperidine rings is 1. The van der Waals surface area contributed by atoms with Gasteiger partial charge in [0.2, 0.25) is 0 Å². The molecular formula is C20H29NO3. The number of hydrogen-bond donors (Lipinski definition) is 0. The van der Waals surface area contributed by atoms with Crippen LogP contribution < -0.4 is 9.47 Å². The molecule has 132 valence electrons. The number of fused-ring (bicyclic) bond motifs is 3. The van der Waals surface area contributed by atoms with Crippen LogP contribution in [-0.2, 0) is 11.2 Å². The maximum Gasteiger partial charge on any atom is 0.161 e. The summed E-state index contributed by atoms with van der Waals surface area (Å²) in [5.74, 6) is -14.0. The van der Waals surface area contributed by atoms with Crippen LogP contribution in [0.2, 0.25) is 0 Å². The largest absolute Gasteiger partial charge is 0.493 e. The second kappa shape index (κ2) is 7.14. The molecule has 24 heavy (non-hydrogen) atoms. The van der Waals surface area contributed by atoms with Crippen LogP contribution in [-0.4, -0.2) is 37.8 Å². The number of ether oxygens (including phenoxy) is 2. The lowest BCUT2D eigenvalue weighted by molar-refractivity contribution is -0.129. The summed E-state index contributed by atoms with van der Waals surface area (Å²) >= 11 is 0. The Kier molecular flexibility index (Phi) is 1.36. The molecule has 0 aliphatic carbocycles. The Morgan fingerprint density at radius 1 is 1.58 bits per heavy atom. The molecule has 0 amide bonds. The summed E-state index contributed by atoms with van der Waals surface area (Å²) in [6.45, 7) is -12.6. The minimum atomic E-state index is -4.70. The molecule has 1 aromatic rings. The Morgan fingerprint density at radius 3 is 3.12 bits per heavy atom. The Labute approximate surface area is 177 Å². The maximum absolute atomic E-state index is 14.2. The van der Waals surface area contributed by atoms with Gasteiger partial charge in [0.15, 0.2) is 11.5 Å². The molecule has 2 aliphatic heterocycles. The van der Waals surface area contributed by atoms with E-state index in [0.29, 0.717) is 6.92 Å². The number of rotatable bonds is 5. The lowest BCUT2D eigenvalue weighted by Crippen LogP contribution is -2.46. The summed E-state index contributed by atoms with van der Waals surface area (Å²) in [6.07, 6.45) is -16.5. The number of ketones is 1. The Hall–Kier alpha value is -1.55. The third kappa shape index (κ3) is 3.16. The quantitative estimate of drug-likeness (QED) is 0.809. The summed E-state index contributed by atoms with van der Waals surface area (Å²) in [7, 11) is -2.65. The van der Waals surface area contributed by atoms with E-state index < -0.39 is 116 Å². The summed E-state index contributed by atoms with van der Waals surface area (Å²) in [6, 6.07) is -6.95. The average Bonchev–Trinajstić information content (AvgIpc) is 2.84. The van der Waals surface area contributed by atoms with Gasteiger partial charge in [0.25, 0.3) is 0 Å². The topological polar surface area (TPSA) is 38.8 Å². The number of carbonyl (C=O) groups excluding carboxylic acids is 1. The van der Waals surface area contributed by atoms with Crippen LogP contribution in [0.3, 0.4) is 0 Å². The molecule has 1 aromatic carbocycles. The van der Waals surface area contributed by atoms with E-state index in [0.717, 1.165) is 7.11 Å². The number of carbonyl (C=O) groups is 1. The first-order chi connectivity index (χ1) is 20.4. The fourth-order valence-corrected chi connectivity index (χ4v) is 2.04. The van der Waals surface area contributed by atoms with Gasteiger partial charge in [-0.15, -0.1) is 0 Å². The molecule has 1 saturated heterocycles. The van der Waals surface area contributed by atoms with E-state index in [1.165, 1.54) is 0 Å². The van der Waals surface area contributed by atoms with E-state index in [1.54, 1.807) is 0 Å². The molecule has 0 bridgehead atoms. The molecule has 2 heterocycles. The number of methoxy groups -OCH3 is 2. The van der Waals surface area contributed by atoms with Crippen molar-refractivity contribution < 1.29 is 45.8 Å². The van der Waals surface area contributed by atoms with Crippen LogP contribution in [0.15, 0.2) is 12.1 Å². The Morgan fingerprint density at radius 2 is 2.42 bits per heavy atom. The molecule has 0 N–H and O–H groups in total. The molecule has 4 heteroatoms. The van der Waals surface area contributed by atoms with Gasteiger partial charge in [-0.05, 0) is 41.9 Å². The van der Waals surface area contributed by atoms with Crippen molar-refractivity contribution in [3.05, 3.63) is 23.2 Å². The van der Waals surface area contributed by atoms with Gasteiger partial charge in [-0.2, -0.15) is 0 Å². The highest BCUT2D eigenvalue weighted by atomic mass is 16.5. The van der Waals surface area contributed by atoms with Crippen LogP contribution in [0.1, 0.15) is 81.6 Å². The van der Waals surface area contributed by atoms with Crippen LogP contribution in [0.25, 0.3) is 0 Å². The van der Waals surface area contributed by atoms with Gasteiger partial charge in [0.05, 0.1) is 22.4 Å². The van der Waals surface area contributed by atoms with Crippen LogP contribution >= 0.6 is 0 Å². The summed E-state index contributed by atoms with van der Waals surface area (Å²) in [4.78, 5) is 13.4. The number of Topliss-reactive ketones (excluding diaryl/α,β-unsaturated/α-hetero) is 1. The lowest BCUT2D eigenvalue weighted by Gasteiger charge is -2.43. The van der Waals surface area contributed by atoms with Gasteiger partial charge in [0.1, 0.15) is 5.78 Å². The molecule has 4 nitrogen and oxygen atoms in total. The van der Waals surface area contributed by atoms with Crippen molar-refractivity contribution in [1.29, 1.82) is 0 Å². The molecular weight excluding hydrogens is 302 g/mol. The van der Waals surface area contributed by atoms with E-state index in [1.807, 2.05) is 0 Å². The SMILES string of the molecule is [2H]c1c(OC)c(OC([2H])([2H])[2H])c([2H])c2c1C([2H])([2H])C([2H])([2H])N1C([2H])([2H])C([2H])(C([2H])([2H])C([2H])(C([2H])([2H])[2H])C([2H])([2H])C)C(=O)C([2H])([2H])C21[2H]. The minimum absolute atomic E-state index is 0.358. The minimum Gasteiger partial charge on any atom is -0.493 e. The number of nitrogens with zero attached hydrogens (tertiary/aromatic N) is 1. The summed E-state index contributed by atoms with van der Waals surface area (Å²) < 4.78 is 203. The van der Waals surface area contributed by atoms with E-state index in [2.05, 4.69) is 0 Å². The zero-order chi connectivity index (χ0) is 37.5. The fraction of sp³-hybridized carbons (Fsp3) is 0.650. The molecule has 3 atom stereocenters. The highest BCUT2D eigenvalue weighted by Gasteiger charge is 2.38. The number of hydrogen-bond acceptors (Lipinski definition) is 4. The standard InChI is InChI=1S/C20H29NO3/c1-5-13(2)8-15-12-21-7-6-14-9-19(23-3)20(24-4)10-16(14)17(21)11-18(15)22/h9-10,13,15,17H,5-8,11-12H2,1-4H3/i2D3,4D3,5D2,6D2,7D2,8D2,9D,10D,11D2,12D2,13D,15D,17D. The monoisotopic (exact) mass is 354 g/mol. The molecule has 2 aliphatic rings. The van der Waals surface area contributed by atoms with E-state index in [9.17, 15) is 6.17 Å². The van der Waals surface area contributed by atoms with Crippen molar-refractivity contribution in [2.24, 2.45) is 11.8 Å². The first kappa shape index (κ1) is 4.59. The smallest absolute Gasteiger partial charge is 0.161 e. The van der Waals surface area contributed by atoms with Gasteiger partial charge in [-0.1, -0.05) is 20.1 Å². The summed E-state index contributed by atoms with van der Waals surface area (Å²) in [5, 5.41) is 0. The second-order valence-corrected chi connectivity index (χ2v) is 4.58. The molecule has 3 rings (SSSR count). The van der Waals surface area contributed by atoms with Crippen molar-refractivity contribution >= 4 is 5.78 Å². The van der Waals surface area contributed by atoms with E-state index >= 15 is 0 Å². The fourth-order valence-electron chi connectivity index (χ4n) is 2.04. The lowest BCUT2D eigenvalue weighted by atomic mass is 9.79. The zero-order valence-corrected chi connectivity index (χ0v) is 12.7. The summed E-state index contributed by atoms with van der Waals surface area (Å²) in [5.41, 5.74) is -2.95. The maximum atomic E-state index is 14.2. The van der Waals surface area contributed by atoms with Gasteiger partial charge in [0, 0.05) is 54.6 Å². The van der Waals surface area contributed by atoms with Gasteiger partial charge in [-0.3, -0.25) is 9.69 Å². The van der Waals surface area contributed by atoms with Crippen LogP contribution in [0, 0.1) is 11.8 Å². The number of benzene rings is 1. The van der Waals surface area contributed by atoms with Crippen LogP contribution in [0.5, 0.6) is 11.5 Å². The van der Waals surface area contributed by atoms with Gasteiger partial charge < -0.3 is 9.47 Å². The van der Waals surface area contributed by atoms with Crippen molar-refractivity contribution in [2.45, 2.75) is 45.3 Å². The predicted octanol–water partition coefficient (Wildman–Crippen LogP) is 3.63. The zero-order valence-electron chi connectivity index (χ0n) is 35.7. The first-order valence-electron chi connectivity index (χ1n) is 18.1. The third-order valence-corrected chi connectivity index (χ3v) is 3.18. The van der Waals surface area contributed by atoms with Crippen molar-refractivity contribution in [3.63, 3.8) is 0 Å². The molecule has 0 aromatic heterocycles. The van der Waals surface area contributed by atoms with E-state index in [4.69, 9.17) is 39.6 Å². The normalized spacial score (nSPS) is 57.1. The molecule has 0 saturated carbocycles. The average molecular weight is 355 g/mol. The van der Waals surface area contributed by atoms with Gasteiger partial charge >= 0.3 is 0 Å². The highest BCUT2D eigenvalue weighted by Crippen LogP contribution is 2.42. The first-order valence-corrected chi connectivity index (χ1v) is 6.65. The van der Waals surface area contributed by atoms with Crippen LogP contribution in [0.4, 0.5) is 0 Å². The Balaban J connectivity index is 2.70. The highest BCUT2D eigenvalue weighted by molar-refractivity contribution is 5.83. The molecule has 0 spiro atoms. The second-order valence-electron chi connectivity index (χ2n) is 4.58. The van der Waals surface area contributed by atoms with Crippen molar-refractivity contribution in [1.82, 2.24) is 4.90 Å². The van der Waals surface area contributed by atoms with E-state index in [-0.39, 0.29) is 0 Å². The molecule has 1 fully saturated rings. The Bertz CT molecular complexity index is 1480. The van der Waals surface area contributed by atoms with Crippen molar-refractivity contribution in [3.8, 4) is 11.5 Å². The van der Waals surface area contributed by atoms with Crippen molar-refractivity contribution in [2.75, 3.05) is 27.1 Å². The third-order valence-electron chi connectivity index (χ3n) is 3.18. The van der Waals surface area contributed by atoms with Gasteiger partial charge in [-0.25, -0.2) is 0 Å². The predicted molar refractivity (Wildman–Crippen MR) is 94.8 cm³/mol. The molecule has 0 radical (unpaired) electrons. The molecule has 3 unspecified atom stereocenters.